The molecule has 1 aromatic carbocycles. The van der Waals surface area contributed by atoms with Crippen LogP contribution in [0.4, 0.5) is 16.8 Å². The fourth-order valence-electron chi connectivity index (χ4n) is 2.44. The molecule has 1 atom stereocenters. The molecule has 2 N–H and O–H groups in total. The van der Waals surface area contributed by atoms with Crippen molar-refractivity contribution in [3.63, 3.8) is 0 Å². The fraction of sp³-hybridized carbons (Fsp3) is 0.278. The monoisotopic (exact) mass is 389 g/mol. The molecule has 0 saturated heterocycles. The lowest BCUT2D eigenvalue weighted by molar-refractivity contribution is 0.190. The minimum atomic E-state index is 0.184. The van der Waals surface area contributed by atoms with E-state index in [9.17, 15) is 0 Å². The number of halogens is 1. The number of nitrogens with one attached hydrogen (secondary N) is 2. The molecule has 0 saturated carbocycles. The van der Waals surface area contributed by atoms with Crippen molar-refractivity contribution in [2.24, 2.45) is 0 Å². The zero-order valence-corrected chi connectivity index (χ0v) is 16.4. The lowest BCUT2D eigenvalue weighted by Crippen LogP contribution is -2.20. The van der Waals surface area contributed by atoms with E-state index >= 15 is 0 Å². The second kappa shape index (κ2) is 8.44. The Bertz CT molecular complexity index is 886. The first kappa shape index (κ1) is 18.6. The molecule has 8 heteroatoms. The highest BCUT2D eigenvalue weighted by Gasteiger charge is 2.13. The Morgan fingerprint density at radius 1 is 1.27 bits per heavy atom. The number of aromatic nitrogens is 3. The summed E-state index contributed by atoms with van der Waals surface area (Å²) < 4.78 is 5.15. The van der Waals surface area contributed by atoms with Gasteiger partial charge in [-0.3, -0.25) is 0 Å². The Labute approximate surface area is 161 Å². The highest BCUT2D eigenvalue weighted by molar-refractivity contribution is 7.19. The van der Waals surface area contributed by atoms with Crippen LogP contribution in [0.5, 0.6) is 0 Å². The van der Waals surface area contributed by atoms with Gasteiger partial charge in [-0.05, 0) is 38.1 Å². The van der Waals surface area contributed by atoms with Gasteiger partial charge < -0.3 is 15.4 Å². The summed E-state index contributed by atoms with van der Waals surface area (Å²) in [6.45, 7) is 4.65. The summed E-state index contributed by atoms with van der Waals surface area (Å²) in [5.41, 5.74) is 2.59. The van der Waals surface area contributed by atoms with Gasteiger partial charge in [0.25, 0.3) is 0 Å². The van der Waals surface area contributed by atoms with Gasteiger partial charge in [-0.2, -0.15) is 0 Å². The van der Waals surface area contributed by atoms with Gasteiger partial charge in [0.2, 0.25) is 5.95 Å². The maximum atomic E-state index is 6.02. The summed E-state index contributed by atoms with van der Waals surface area (Å²) in [4.78, 5) is 14.5. The molecular weight excluding hydrogens is 370 g/mol. The number of thiazole rings is 1. The second-order valence-electron chi connectivity index (χ2n) is 5.84. The summed E-state index contributed by atoms with van der Waals surface area (Å²) in [5, 5.41) is 8.03. The van der Waals surface area contributed by atoms with Crippen molar-refractivity contribution >= 4 is 39.7 Å². The van der Waals surface area contributed by atoms with Crippen molar-refractivity contribution in [2.45, 2.75) is 19.9 Å². The topological polar surface area (TPSA) is 72.0 Å². The molecule has 0 aliphatic rings. The zero-order valence-electron chi connectivity index (χ0n) is 14.8. The summed E-state index contributed by atoms with van der Waals surface area (Å²) in [6, 6.07) is 9.51. The third-order valence-electron chi connectivity index (χ3n) is 3.55. The molecule has 26 heavy (non-hydrogen) atoms. The SMILES string of the molecule is COCC(C)Nc1nc(C)c(-c2ccnc(Nc3cccc(Cl)c3)n2)s1. The van der Waals surface area contributed by atoms with Crippen molar-refractivity contribution < 1.29 is 4.74 Å². The molecule has 3 aromatic rings. The highest BCUT2D eigenvalue weighted by atomic mass is 35.5. The van der Waals surface area contributed by atoms with Gasteiger partial charge in [0.1, 0.15) is 0 Å². The van der Waals surface area contributed by atoms with Crippen LogP contribution >= 0.6 is 22.9 Å². The standard InChI is InChI=1S/C18H20ClN5OS/c1-11(10-25-3)21-18-22-12(2)16(26-18)15-7-8-20-17(24-15)23-14-6-4-5-13(19)9-14/h4-9,11H,10H2,1-3H3,(H,21,22)(H,20,23,24). The first-order valence-electron chi connectivity index (χ1n) is 8.14. The molecule has 0 aliphatic heterocycles. The molecule has 2 heterocycles. The molecule has 3 rings (SSSR count). The number of methoxy groups -OCH3 is 1. The number of ether oxygens (including phenoxy) is 1. The Hall–Kier alpha value is -2.22. The normalized spacial score (nSPS) is 12.0. The fourth-order valence-corrected chi connectivity index (χ4v) is 3.68. The first-order chi connectivity index (χ1) is 12.5. The zero-order chi connectivity index (χ0) is 18.5. The first-order valence-corrected chi connectivity index (χ1v) is 9.33. The minimum absolute atomic E-state index is 0.184. The lowest BCUT2D eigenvalue weighted by Gasteiger charge is -2.10. The van der Waals surface area contributed by atoms with Crippen LogP contribution in [0.2, 0.25) is 5.02 Å². The van der Waals surface area contributed by atoms with Gasteiger partial charge >= 0.3 is 0 Å². The Balaban J connectivity index is 1.80. The van der Waals surface area contributed by atoms with E-state index in [4.69, 9.17) is 16.3 Å². The molecule has 136 valence electrons. The predicted octanol–water partition coefficient (Wildman–Crippen LogP) is 4.75. The molecule has 1 unspecified atom stereocenters. The van der Waals surface area contributed by atoms with Gasteiger partial charge in [-0.25, -0.2) is 15.0 Å². The van der Waals surface area contributed by atoms with E-state index in [2.05, 4.69) is 32.5 Å². The number of hydrogen-bond donors (Lipinski definition) is 2. The van der Waals surface area contributed by atoms with Crippen molar-refractivity contribution in [1.82, 2.24) is 15.0 Å². The summed E-state index contributed by atoms with van der Waals surface area (Å²) in [7, 11) is 1.69. The molecule has 0 spiro atoms. The van der Waals surface area contributed by atoms with Crippen LogP contribution in [0, 0.1) is 6.92 Å². The molecule has 0 radical (unpaired) electrons. The lowest BCUT2D eigenvalue weighted by atomic mass is 10.3. The molecule has 0 amide bonds. The maximum absolute atomic E-state index is 6.02. The van der Waals surface area contributed by atoms with Crippen LogP contribution in [0.1, 0.15) is 12.6 Å². The molecule has 0 aliphatic carbocycles. The van der Waals surface area contributed by atoms with Gasteiger partial charge in [0, 0.05) is 30.1 Å². The number of benzene rings is 1. The average molecular weight is 390 g/mol. The number of anilines is 3. The Morgan fingerprint density at radius 3 is 2.88 bits per heavy atom. The molecule has 6 nitrogen and oxygen atoms in total. The van der Waals surface area contributed by atoms with Crippen molar-refractivity contribution in [1.29, 1.82) is 0 Å². The van der Waals surface area contributed by atoms with E-state index in [-0.39, 0.29) is 6.04 Å². The van der Waals surface area contributed by atoms with Crippen molar-refractivity contribution in [2.75, 3.05) is 24.4 Å². The number of aryl methyl sites for hydroxylation is 1. The van der Waals surface area contributed by atoms with Gasteiger partial charge in [0.05, 0.1) is 22.9 Å². The molecular formula is C18H20ClN5OS. The van der Waals surface area contributed by atoms with E-state index in [0.29, 0.717) is 17.6 Å². The van der Waals surface area contributed by atoms with Crippen LogP contribution in [0.3, 0.4) is 0 Å². The molecule has 0 bridgehead atoms. The van der Waals surface area contributed by atoms with Crippen LogP contribution in [-0.2, 0) is 4.74 Å². The van der Waals surface area contributed by atoms with Gasteiger partial charge in [-0.1, -0.05) is 29.0 Å². The molecule has 0 fully saturated rings. The van der Waals surface area contributed by atoms with Crippen LogP contribution in [-0.4, -0.2) is 34.7 Å². The maximum Gasteiger partial charge on any atom is 0.227 e. The number of hydrogen-bond acceptors (Lipinski definition) is 7. The van der Waals surface area contributed by atoms with Crippen molar-refractivity contribution in [3.05, 3.63) is 47.2 Å². The third-order valence-corrected chi connectivity index (χ3v) is 4.90. The van der Waals surface area contributed by atoms with Crippen molar-refractivity contribution in [3.8, 4) is 10.6 Å². The largest absolute Gasteiger partial charge is 0.383 e. The summed E-state index contributed by atoms with van der Waals surface area (Å²) in [6.07, 6.45) is 1.73. The predicted molar refractivity (Wildman–Crippen MR) is 108 cm³/mol. The quantitative estimate of drug-likeness (QED) is 0.607. The second-order valence-corrected chi connectivity index (χ2v) is 7.27. The minimum Gasteiger partial charge on any atom is -0.383 e. The van der Waals surface area contributed by atoms with Crippen LogP contribution < -0.4 is 10.6 Å². The smallest absolute Gasteiger partial charge is 0.227 e. The number of rotatable bonds is 7. The van der Waals surface area contributed by atoms with E-state index in [0.717, 1.165) is 27.1 Å². The number of nitrogens with zero attached hydrogens (tertiary/aromatic N) is 3. The van der Waals surface area contributed by atoms with E-state index < -0.39 is 0 Å². The van der Waals surface area contributed by atoms with E-state index in [1.807, 2.05) is 37.3 Å². The third kappa shape index (κ3) is 4.69. The van der Waals surface area contributed by atoms with E-state index in [1.165, 1.54) is 0 Å². The Kier molecular flexibility index (Phi) is 6.03. The van der Waals surface area contributed by atoms with E-state index in [1.54, 1.807) is 24.6 Å². The average Bonchev–Trinajstić information content (AvgIpc) is 2.95. The van der Waals surface area contributed by atoms with Gasteiger partial charge in [0.15, 0.2) is 5.13 Å². The van der Waals surface area contributed by atoms with Crippen LogP contribution in [0.25, 0.3) is 10.6 Å². The Morgan fingerprint density at radius 2 is 2.12 bits per heavy atom. The summed E-state index contributed by atoms with van der Waals surface area (Å²) >= 11 is 7.59. The highest BCUT2D eigenvalue weighted by Crippen LogP contribution is 2.32. The van der Waals surface area contributed by atoms with Crippen LogP contribution in [0.15, 0.2) is 36.5 Å². The molecule has 2 aromatic heterocycles. The summed E-state index contributed by atoms with van der Waals surface area (Å²) in [5.74, 6) is 0.514. The van der Waals surface area contributed by atoms with Gasteiger partial charge in [-0.15, -0.1) is 0 Å².